The van der Waals surface area contributed by atoms with Crippen LogP contribution < -0.4 is 10.5 Å². The minimum absolute atomic E-state index is 0.0427. The number of rotatable bonds is 3. The second kappa shape index (κ2) is 5.04. The van der Waals surface area contributed by atoms with Gasteiger partial charge < -0.3 is 10.5 Å². The Balaban J connectivity index is 2.32. The number of carbonyl (C=O) groups excluding carboxylic acids is 1. The first-order valence-corrected chi connectivity index (χ1v) is 5.89. The summed E-state index contributed by atoms with van der Waals surface area (Å²) in [5, 5.41) is 0. The van der Waals surface area contributed by atoms with Crippen LogP contribution >= 0.6 is 0 Å². The molecule has 0 atom stereocenters. The van der Waals surface area contributed by atoms with Gasteiger partial charge in [0.15, 0.2) is 5.78 Å². The van der Waals surface area contributed by atoms with Crippen molar-refractivity contribution in [2.45, 2.75) is 25.7 Å². The zero-order valence-electron chi connectivity index (χ0n) is 10.0. The molecule has 3 nitrogen and oxygen atoms in total. The Morgan fingerprint density at radius 3 is 2.82 bits per heavy atom. The Labute approximate surface area is 101 Å². The van der Waals surface area contributed by atoms with Gasteiger partial charge in [0.2, 0.25) is 0 Å². The van der Waals surface area contributed by atoms with Crippen molar-refractivity contribution >= 4 is 11.5 Å². The highest BCUT2D eigenvalue weighted by atomic mass is 16.5. The quantitative estimate of drug-likeness (QED) is 0.642. The molecule has 0 bridgehead atoms. The monoisotopic (exact) mass is 231 g/mol. The van der Waals surface area contributed by atoms with Crippen molar-refractivity contribution in [3.63, 3.8) is 0 Å². The van der Waals surface area contributed by atoms with Gasteiger partial charge in [-0.15, -0.1) is 0 Å². The summed E-state index contributed by atoms with van der Waals surface area (Å²) in [6.07, 6.45) is 6.14. The molecule has 3 heteroatoms. The Morgan fingerprint density at radius 1 is 1.35 bits per heavy atom. The van der Waals surface area contributed by atoms with Gasteiger partial charge in [-0.1, -0.05) is 6.08 Å². The molecule has 17 heavy (non-hydrogen) atoms. The minimum atomic E-state index is 0.0427. The van der Waals surface area contributed by atoms with Crippen LogP contribution in [0.25, 0.3) is 0 Å². The highest BCUT2D eigenvalue weighted by molar-refractivity contribution is 6.12. The number of nitrogen functional groups attached to an aromatic ring is 1. The van der Waals surface area contributed by atoms with Crippen LogP contribution in [-0.2, 0) is 0 Å². The molecule has 1 aromatic carbocycles. The molecule has 0 aliphatic heterocycles. The Bertz CT molecular complexity index is 463. The summed E-state index contributed by atoms with van der Waals surface area (Å²) < 4.78 is 5.12. The van der Waals surface area contributed by atoms with Crippen LogP contribution in [0.15, 0.2) is 29.8 Å². The summed E-state index contributed by atoms with van der Waals surface area (Å²) in [4.78, 5) is 12.3. The smallest absolute Gasteiger partial charge is 0.190 e. The average Bonchev–Trinajstić information content (AvgIpc) is 2.39. The summed E-state index contributed by atoms with van der Waals surface area (Å²) in [5.41, 5.74) is 7.80. The second-order valence-electron chi connectivity index (χ2n) is 4.26. The standard InChI is InChI=1S/C14H17NO2/c1-17-11-7-8-13(15)12(9-11)14(16)10-5-3-2-4-6-10/h5,7-9H,2-4,6,15H2,1H3. The predicted molar refractivity (Wildman–Crippen MR) is 68.3 cm³/mol. The fourth-order valence-corrected chi connectivity index (χ4v) is 2.08. The van der Waals surface area contributed by atoms with Gasteiger partial charge in [-0.2, -0.15) is 0 Å². The molecule has 2 rings (SSSR count). The maximum atomic E-state index is 12.3. The third kappa shape index (κ3) is 2.49. The van der Waals surface area contributed by atoms with Gasteiger partial charge in [0.05, 0.1) is 7.11 Å². The van der Waals surface area contributed by atoms with E-state index in [1.165, 1.54) is 6.42 Å². The highest BCUT2D eigenvalue weighted by Crippen LogP contribution is 2.26. The van der Waals surface area contributed by atoms with Crippen molar-refractivity contribution in [1.82, 2.24) is 0 Å². The molecule has 0 aromatic heterocycles. The maximum Gasteiger partial charge on any atom is 0.190 e. The number of nitrogens with two attached hydrogens (primary N) is 1. The second-order valence-corrected chi connectivity index (χ2v) is 4.26. The maximum absolute atomic E-state index is 12.3. The van der Waals surface area contributed by atoms with Crippen LogP contribution in [-0.4, -0.2) is 12.9 Å². The van der Waals surface area contributed by atoms with Crippen LogP contribution in [0.5, 0.6) is 5.75 Å². The molecule has 1 aliphatic carbocycles. The van der Waals surface area contributed by atoms with E-state index in [-0.39, 0.29) is 5.78 Å². The number of allylic oxidation sites excluding steroid dienone is 2. The van der Waals surface area contributed by atoms with E-state index in [0.29, 0.717) is 17.0 Å². The molecule has 0 radical (unpaired) electrons. The van der Waals surface area contributed by atoms with E-state index in [9.17, 15) is 4.79 Å². The number of methoxy groups -OCH3 is 1. The summed E-state index contributed by atoms with van der Waals surface area (Å²) in [5.74, 6) is 0.708. The molecule has 0 heterocycles. The largest absolute Gasteiger partial charge is 0.497 e. The summed E-state index contributed by atoms with van der Waals surface area (Å²) in [6, 6.07) is 5.20. The highest BCUT2D eigenvalue weighted by Gasteiger charge is 2.17. The van der Waals surface area contributed by atoms with E-state index in [2.05, 4.69) is 0 Å². The zero-order valence-corrected chi connectivity index (χ0v) is 10.0. The predicted octanol–water partition coefficient (Wildman–Crippen LogP) is 2.96. The van der Waals surface area contributed by atoms with Crippen LogP contribution in [0.2, 0.25) is 0 Å². The first kappa shape index (κ1) is 11.7. The summed E-state index contributed by atoms with van der Waals surface area (Å²) in [6.45, 7) is 0. The topological polar surface area (TPSA) is 52.3 Å². The SMILES string of the molecule is COc1ccc(N)c(C(=O)C2=CCCCC2)c1. The van der Waals surface area contributed by atoms with Crippen LogP contribution in [0.4, 0.5) is 5.69 Å². The Morgan fingerprint density at radius 2 is 2.18 bits per heavy atom. The fourth-order valence-electron chi connectivity index (χ4n) is 2.08. The number of benzene rings is 1. The van der Waals surface area contributed by atoms with Gasteiger partial charge in [0.25, 0.3) is 0 Å². The van der Waals surface area contributed by atoms with Gasteiger partial charge >= 0.3 is 0 Å². The lowest BCUT2D eigenvalue weighted by Crippen LogP contribution is -2.09. The average molecular weight is 231 g/mol. The molecule has 1 aliphatic rings. The van der Waals surface area contributed by atoms with Crippen LogP contribution in [0.1, 0.15) is 36.0 Å². The van der Waals surface area contributed by atoms with Crippen molar-refractivity contribution < 1.29 is 9.53 Å². The Hall–Kier alpha value is -1.77. The molecular formula is C14H17NO2. The molecule has 0 unspecified atom stereocenters. The molecule has 1 aromatic rings. The zero-order chi connectivity index (χ0) is 12.3. The Kier molecular flexibility index (Phi) is 3.47. The lowest BCUT2D eigenvalue weighted by atomic mass is 9.92. The molecule has 0 amide bonds. The van der Waals surface area contributed by atoms with Gasteiger partial charge in [-0.3, -0.25) is 4.79 Å². The normalized spacial score (nSPS) is 15.2. The molecular weight excluding hydrogens is 214 g/mol. The first-order chi connectivity index (χ1) is 8.22. The molecule has 90 valence electrons. The summed E-state index contributed by atoms with van der Waals surface area (Å²) in [7, 11) is 1.58. The number of anilines is 1. The lowest BCUT2D eigenvalue weighted by Gasteiger charge is -2.13. The molecule has 0 saturated carbocycles. The third-order valence-corrected chi connectivity index (χ3v) is 3.09. The third-order valence-electron chi connectivity index (χ3n) is 3.09. The fraction of sp³-hybridized carbons (Fsp3) is 0.357. The van der Waals surface area contributed by atoms with E-state index < -0.39 is 0 Å². The van der Waals surface area contributed by atoms with E-state index in [4.69, 9.17) is 10.5 Å². The van der Waals surface area contributed by atoms with E-state index in [0.717, 1.165) is 24.8 Å². The number of hydrogen-bond acceptors (Lipinski definition) is 3. The minimum Gasteiger partial charge on any atom is -0.497 e. The van der Waals surface area contributed by atoms with Crippen LogP contribution in [0.3, 0.4) is 0 Å². The van der Waals surface area contributed by atoms with E-state index in [1.807, 2.05) is 6.08 Å². The summed E-state index contributed by atoms with van der Waals surface area (Å²) >= 11 is 0. The van der Waals surface area contributed by atoms with Gasteiger partial charge in [-0.25, -0.2) is 0 Å². The van der Waals surface area contributed by atoms with Crippen molar-refractivity contribution in [2.75, 3.05) is 12.8 Å². The van der Waals surface area contributed by atoms with Gasteiger partial charge in [0, 0.05) is 11.3 Å². The number of hydrogen-bond donors (Lipinski definition) is 1. The van der Waals surface area contributed by atoms with Crippen molar-refractivity contribution in [1.29, 1.82) is 0 Å². The number of Topliss-reactive ketones (excluding diaryl/α,β-unsaturated/α-hetero) is 1. The van der Waals surface area contributed by atoms with Crippen molar-refractivity contribution in [3.8, 4) is 5.75 Å². The van der Waals surface area contributed by atoms with Crippen LogP contribution in [0, 0.1) is 0 Å². The van der Waals surface area contributed by atoms with E-state index in [1.54, 1.807) is 25.3 Å². The lowest BCUT2D eigenvalue weighted by molar-refractivity contribution is 0.102. The molecule has 2 N–H and O–H groups in total. The van der Waals surface area contributed by atoms with Gasteiger partial charge in [0.1, 0.15) is 5.75 Å². The number of carbonyl (C=O) groups is 1. The van der Waals surface area contributed by atoms with Crippen molar-refractivity contribution in [3.05, 3.63) is 35.4 Å². The molecule has 0 saturated heterocycles. The number of ketones is 1. The first-order valence-electron chi connectivity index (χ1n) is 5.89. The molecule has 0 spiro atoms. The van der Waals surface area contributed by atoms with E-state index >= 15 is 0 Å². The van der Waals surface area contributed by atoms with Gasteiger partial charge in [-0.05, 0) is 49.5 Å². The van der Waals surface area contributed by atoms with Crippen molar-refractivity contribution in [2.24, 2.45) is 0 Å². The molecule has 0 fully saturated rings. The number of ether oxygens (including phenoxy) is 1.